The van der Waals surface area contributed by atoms with Gasteiger partial charge in [-0.15, -0.1) is 11.3 Å². The summed E-state index contributed by atoms with van der Waals surface area (Å²) in [5.74, 6) is -0.769. The molecule has 0 aliphatic carbocycles. The Hall–Kier alpha value is -2.02. The summed E-state index contributed by atoms with van der Waals surface area (Å²) in [6.07, 6.45) is 0.405. The molecular weight excluding hydrogens is 384 g/mol. The third kappa shape index (κ3) is 4.15. The zero-order chi connectivity index (χ0) is 18.0. The number of halogens is 3. The highest BCUT2D eigenvalue weighted by Gasteiger charge is 2.17. The molecule has 25 heavy (non-hydrogen) atoms. The van der Waals surface area contributed by atoms with Crippen molar-refractivity contribution < 1.29 is 9.18 Å². The van der Waals surface area contributed by atoms with Crippen LogP contribution in [0.25, 0.3) is 0 Å². The lowest BCUT2D eigenvalue weighted by molar-refractivity contribution is 0.102. The molecule has 0 saturated carbocycles. The standard InChI is InChI=1S/C17H12Cl2FN3OS/c1-9-13(8-10-4-2-3-5-12(10)20)25-17(21-9)23-16(24)15-11(18)6-7-14(19)22-15/h2-7H,8H2,1H3,(H,21,23,24). The van der Waals surface area contributed by atoms with Crippen LogP contribution in [0.2, 0.25) is 10.2 Å². The molecule has 3 rings (SSSR count). The molecule has 0 saturated heterocycles. The predicted molar refractivity (Wildman–Crippen MR) is 98.3 cm³/mol. The monoisotopic (exact) mass is 395 g/mol. The van der Waals surface area contributed by atoms with Crippen LogP contribution >= 0.6 is 34.5 Å². The Morgan fingerprint density at radius 3 is 2.72 bits per heavy atom. The fourth-order valence-corrected chi connectivity index (χ4v) is 3.51. The zero-order valence-corrected chi connectivity index (χ0v) is 15.3. The third-order valence-electron chi connectivity index (χ3n) is 3.45. The van der Waals surface area contributed by atoms with Crippen LogP contribution in [0.3, 0.4) is 0 Å². The second-order valence-electron chi connectivity index (χ2n) is 5.21. The number of carbonyl (C=O) groups excluding carboxylic acids is 1. The molecule has 0 radical (unpaired) electrons. The number of rotatable bonds is 4. The quantitative estimate of drug-likeness (QED) is 0.622. The smallest absolute Gasteiger partial charge is 0.277 e. The summed E-state index contributed by atoms with van der Waals surface area (Å²) in [6.45, 7) is 1.81. The van der Waals surface area contributed by atoms with E-state index in [0.29, 0.717) is 17.1 Å². The highest BCUT2D eigenvalue weighted by Crippen LogP contribution is 2.27. The molecule has 3 aromatic rings. The van der Waals surface area contributed by atoms with Crippen LogP contribution in [0.5, 0.6) is 0 Å². The van der Waals surface area contributed by atoms with E-state index in [0.717, 1.165) is 10.6 Å². The van der Waals surface area contributed by atoms with Crippen molar-refractivity contribution >= 4 is 45.6 Å². The Labute approximate surface area is 157 Å². The molecule has 4 nitrogen and oxygen atoms in total. The van der Waals surface area contributed by atoms with E-state index in [1.165, 1.54) is 29.5 Å². The Bertz CT molecular complexity index is 945. The van der Waals surface area contributed by atoms with E-state index in [4.69, 9.17) is 23.2 Å². The SMILES string of the molecule is Cc1nc(NC(=O)c2nc(Cl)ccc2Cl)sc1Cc1ccccc1F. The highest BCUT2D eigenvalue weighted by molar-refractivity contribution is 7.15. The number of benzene rings is 1. The van der Waals surface area contributed by atoms with Gasteiger partial charge in [-0.05, 0) is 30.7 Å². The van der Waals surface area contributed by atoms with Gasteiger partial charge in [0.1, 0.15) is 16.7 Å². The Morgan fingerprint density at radius 2 is 1.96 bits per heavy atom. The van der Waals surface area contributed by atoms with Gasteiger partial charge in [-0.1, -0.05) is 41.4 Å². The molecule has 1 amide bonds. The number of nitrogens with zero attached hydrogens (tertiary/aromatic N) is 2. The molecule has 1 aromatic carbocycles. The van der Waals surface area contributed by atoms with Gasteiger partial charge in [0.2, 0.25) is 0 Å². The summed E-state index contributed by atoms with van der Waals surface area (Å²) in [4.78, 5) is 21.4. The maximum absolute atomic E-state index is 13.8. The van der Waals surface area contributed by atoms with Crippen LogP contribution < -0.4 is 5.32 Å². The molecular formula is C17H12Cl2FN3OS. The summed E-state index contributed by atoms with van der Waals surface area (Å²) in [7, 11) is 0. The van der Waals surface area contributed by atoms with Gasteiger partial charge in [-0.25, -0.2) is 14.4 Å². The average Bonchev–Trinajstić information content (AvgIpc) is 2.91. The number of amides is 1. The maximum Gasteiger partial charge on any atom is 0.277 e. The summed E-state index contributed by atoms with van der Waals surface area (Å²) < 4.78 is 13.8. The highest BCUT2D eigenvalue weighted by atomic mass is 35.5. The van der Waals surface area contributed by atoms with Crippen LogP contribution in [0.1, 0.15) is 26.6 Å². The van der Waals surface area contributed by atoms with Crippen molar-refractivity contribution in [2.45, 2.75) is 13.3 Å². The third-order valence-corrected chi connectivity index (χ3v) is 5.04. The summed E-state index contributed by atoms with van der Waals surface area (Å²) in [5, 5.41) is 3.42. The molecule has 0 spiro atoms. The van der Waals surface area contributed by atoms with Gasteiger partial charge in [-0.2, -0.15) is 0 Å². The Morgan fingerprint density at radius 1 is 1.20 bits per heavy atom. The minimum atomic E-state index is -0.501. The van der Waals surface area contributed by atoms with E-state index in [-0.39, 0.29) is 21.7 Å². The molecule has 0 bridgehead atoms. The lowest BCUT2D eigenvalue weighted by atomic mass is 10.1. The first kappa shape index (κ1) is 17.8. The molecule has 0 aliphatic heterocycles. The average molecular weight is 396 g/mol. The number of aromatic nitrogens is 2. The van der Waals surface area contributed by atoms with Crippen LogP contribution in [-0.4, -0.2) is 15.9 Å². The van der Waals surface area contributed by atoms with Crippen LogP contribution in [0.4, 0.5) is 9.52 Å². The molecule has 0 aliphatic rings. The molecule has 2 aromatic heterocycles. The minimum Gasteiger partial charge on any atom is -0.296 e. The Kier molecular flexibility index (Phi) is 5.32. The minimum absolute atomic E-state index is 0.0256. The van der Waals surface area contributed by atoms with Gasteiger partial charge >= 0.3 is 0 Å². The number of aryl methyl sites for hydroxylation is 1. The first-order chi connectivity index (χ1) is 11.9. The van der Waals surface area contributed by atoms with Gasteiger partial charge in [0, 0.05) is 11.3 Å². The molecule has 1 N–H and O–H groups in total. The van der Waals surface area contributed by atoms with Crippen molar-refractivity contribution in [3.05, 3.63) is 74.2 Å². The summed E-state index contributed by atoms with van der Waals surface area (Å²) in [5.41, 5.74) is 1.33. The summed E-state index contributed by atoms with van der Waals surface area (Å²) in [6, 6.07) is 9.57. The van der Waals surface area contributed by atoms with Gasteiger partial charge in [0.05, 0.1) is 10.7 Å². The van der Waals surface area contributed by atoms with Crippen LogP contribution in [-0.2, 0) is 6.42 Å². The van der Waals surface area contributed by atoms with E-state index in [1.54, 1.807) is 18.2 Å². The van der Waals surface area contributed by atoms with Crippen molar-refractivity contribution in [1.29, 1.82) is 0 Å². The molecule has 0 fully saturated rings. The second-order valence-corrected chi connectivity index (χ2v) is 7.09. The fraction of sp³-hybridized carbons (Fsp3) is 0.118. The van der Waals surface area contributed by atoms with Crippen LogP contribution in [0, 0.1) is 12.7 Å². The van der Waals surface area contributed by atoms with Gasteiger partial charge < -0.3 is 0 Å². The zero-order valence-electron chi connectivity index (χ0n) is 13.0. The number of anilines is 1. The van der Waals surface area contributed by atoms with Gasteiger partial charge in [0.15, 0.2) is 5.13 Å². The van der Waals surface area contributed by atoms with E-state index in [9.17, 15) is 9.18 Å². The predicted octanol–water partition coefficient (Wildman–Crippen LogP) is 5.14. The number of hydrogen-bond acceptors (Lipinski definition) is 4. The molecule has 0 atom stereocenters. The van der Waals surface area contributed by atoms with E-state index < -0.39 is 5.91 Å². The van der Waals surface area contributed by atoms with Crippen LogP contribution in [0.15, 0.2) is 36.4 Å². The van der Waals surface area contributed by atoms with Gasteiger partial charge in [-0.3, -0.25) is 10.1 Å². The summed E-state index contributed by atoms with van der Waals surface area (Å²) >= 11 is 13.1. The van der Waals surface area contributed by atoms with E-state index in [2.05, 4.69) is 15.3 Å². The topological polar surface area (TPSA) is 54.9 Å². The molecule has 2 heterocycles. The van der Waals surface area contributed by atoms with E-state index in [1.807, 2.05) is 6.92 Å². The normalized spacial score (nSPS) is 10.7. The van der Waals surface area contributed by atoms with E-state index >= 15 is 0 Å². The maximum atomic E-state index is 13.8. The van der Waals surface area contributed by atoms with Crippen molar-refractivity contribution in [1.82, 2.24) is 9.97 Å². The lowest BCUT2D eigenvalue weighted by Gasteiger charge is -2.03. The van der Waals surface area contributed by atoms with Crippen molar-refractivity contribution in [3.63, 3.8) is 0 Å². The Balaban J connectivity index is 1.79. The number of nitrogens with one attached hydrogen (secondary N) is 1. The van der Waals surface area contributed by atoms with Crippen molar-refractivity contribution in [2.24, 2.45) is 0 Å². The number of pyridine rings is 1. The fourth-order valence-electron chi connectivity index (χ4n) is 2.19. The van der Waals surface area contributed by atoms with Crippen molar-refractivity contribution in [2.75, 3.05) is 5.32 Å². The first-order valence-corrected chi connectivity index (χ1v) is 8.84. The molecule has 0 unspecified atom stereocenters. The second kappa shape index (κ2) is 7.47. The lowest BCUT2D eigenvalue weighted by Crippen LogP contribution is -2.14. The number of carbonyl (C=O) groups is 1. The largest absolute Gasteiger partial charge is 0.296 e. The molecule has 128 valence electrons. The van der Waals surface area contributed by atoms with Gasteiger partial charge in [0.25, 0.3) is 5.91 Å². The number of thiazole rings is 1. The first-order valence-electron chi connectivity index (χ1n) is 7.27. The van der Waals surface area contributed by atoms with Crippen molar-refractivity contribution in [3.8, 4) is 0 Å². The molecule has 8 heteroatoms. The number of hydrogen-bond donors (Lipinski definition) is 1.